The second-order valence-corrected chi connectivity index (χ2v) is 6.86. The van der Waals surface area contributed by atoms with Crippen LogP contribution in [0.3, 0.4) is 0 Å². The number of carbonyl (C=O) groups excluding carboxylic acids is 1. The van der Waals surface area contributed by atoms with Gasteiger partial charge in [-0.05, 0) is 37.9 Å². The first kappa shape index (κ1) is 13.5. The van der Waals surface area contributed by atoms with Crippen molar-refractivity contribution in [3.63, 3.8) is 0 Å². The Balaban J connectivity index is 1.84. The number of thiophene rings is 1. The van der Waals surface area contributed by atoms with E-state index in [1.54, 1.807) is 0 Å². The van der Waals surface area contributed by atoms with Crippen LogP contribution >= 0.6 is 43.2 Å². The first-order valence-corrected chi connectivity index (χ1v) is 7.62. The van der Waals surface area contributed by atoms with Crippen LogP contribution in [-0.4, -0.2) is 38.3 Å². The Bertz CT molecular complexity index is 386. The van der Waals surface area contributed by atoms with Gasteiger partial charge in [-0.25, -0.2) is 0 Å². The highest BCUT2D eigenvalue weighted by Crippen LogP contribution is 2.32. The minimum atomic E-state index is -0.0597. The third-order valence-corrected chi connectivity index (χ3v) is 5.62. The third kappa shape index (κ3) is 3.75. The van der Waals surface area contributed by atoms with Gasteiger partial charge in [0.1, 0.15) is 0 Å². The fraction of sp³-hybridized carbons (Fsp3) is 0.500. The molecule has 2 N–H and O–H groups in total. The maximum absolute atomic E-state index is 11.8. The van der Waals surface area contributed by atoms with Gasteiger partial charge in [-0.2, -0.15) is 0 Å². The summed E-state index contributed by atoms with van der Waals surface area (Å²) in [5.74, 6) is -0.0597. The molecule has 1 unspecified atom stereocenters. The van der Waals surface area contributed by atoms with Crippen molar-refractivity contribution in [3.8, 4) is 0 Å². The molecule has 1 aromatic rings. The Hall–Kier alpha value is 0.0500. The molecule has 7 heteroatoms. The number of amides is 1. The normalized spacial score (nSPS) is 20.2. The number of carbonyl (C=O) groups is 1. The van der Waals surface area contributed by atoms with E-state index in [-0.39, 0.29) is 12.0 Å². The van der Waals surface area contributed by atoms with Gasteiger partial charge >= 0.3 is 0 Å². The van der Waals surface area contributed by atoms with Crippen LogP contribution in [0.15, 0.2) is 14.3 Å². The smallest absolute Gasteiger partial charge is 0.261 e. The van der Waals surface area contributed by atoms with Crippen LogP contribution < -0.4 is 10.6 Å². The van der Waals surface area contributed by atoms with Gasteiger partial charge in [-0.15, -0.1) is 11.3 Å². The fourth-order valence-electron chi connectivity index (χ4n) is 1.50. The van der Waals surface area contributed by atoms with Crippen molar-refractivity contribution >= 4 is 49.1 Å². The van der Waals surface area contributed by atoms with E-state index >= 15 is 0 Å². The maximum atomic E-state index is 11.8. The van der Waals surface area contributed by atoms with Crippen molar-refractivity contribution in [3.05, 3.63) is 19.2 Å². The van der Waals surface area contributed by atoms with Crippen molar-refractivity contribution in [2.45, 2.75) is 6.10 Å². The molecule has 1 aromatic heterocycles. The largest absolute Gasteiger partial charge is 0.374 e. The zero-order valence-electron chi connectivity index (χ0n) is 8.96. The van der Waals surface area contributed by atoms with Crippen molar-refractivity contribution in [2.75, 3.05) is 26.2 Å². The average molecular weight is 384 g/mol. The summed E-state index contributed by atoms with van der Waals surface area (Å²) in [4.78, 5) is 12.5. The van der Waals surface area contributed by atoms with Crippen LogP contribution in [-0.2, 0) is 4.74 Å². The number of morpholine rings is 1. The van der Waals surface area contributed by atoms with Crippen molar-refractivity contribution < 1.29 is 9.53 Å². The van der Waals surface area contributed by atoms with E-state index in [9.17, 15) is 4.79 Å². The molecule has 2 heterocycles. The van der Waals surface area contributed by atoms with Crippen LogP contribution in [0.5, 0.6) is 0 Å². The first-order valence-electron chi connectivity index (χ1n) is 5.22. The number of rotatable bonds is 3. The van der Waals surface area contributed by atoms with Gasteiger partial charge in [-0.3, -0.25) is 4.79 Å². The zero-order chi connectivity index (χ0) is 12.3. The number of nitrogens with one attached hydrogen (secondary N) is 2. The van der Waals surface area contributed by atoms with Crippen LogP contribution in [0.2, 0.25) is 0 Å². The van der Waals surface area contributed by atoms with E-state index in [0.717, 1.165) is 21.3 Å². The number of halogens is 2. The molecule has 0 bridgehead atoms. The molecular formula is C10H12Br2N2O2S. The molecule has 0 aliphatic carbocycles. The number of hydrogen-bond acceptors (Lipinski definition) is 4. The van der Waals surface area contributed by atoms with Crippen molar-refractivity contribution in [1.82, 2.24) is 10.6 Å². The van der Waals surface area contributed by atoms with Crippen LogP contribution in [0.4, 0.5) is 0 Å². The first-order chi connectivity index (χ1) is 8.16. The Morgan fingerprint density at radius 3 is 3.06 bits per heavy atom. The SMILES string of the molecule is O=C(NCC1CNCCO1)c1cc(Br)c(Br)s1. The van der Waals surface area contributed by atoms with Gasteiger partial charge in [-0.1, -0.05) is 0 Å². The molecule has 1 amide bonds. The summed E-state index contributed by atoms with van der Waals surface area (Å²) in [5.41, 5.74) is 0. The van der Waals surface area contributed by atoms with E-state index in [1.165, 1.54) is 11.3 Å². The summed E-state index contributed by atoms with van der Waals surface area (Å²) in [6.07, 6.45) is 0.0690. The summed E-state index contributed by atoms with van der Waals surface area (Å²) in [5, 5.41) is 6.10. The van der Waals surface area contributed by atoms with Gasteiger partial charge in [0.15, 0.2) is 0 Å². The topological polar surface area (TPSA) is 50.4 Å². The lowest BCUT2D eigenvalue weighted by atomic mass is 10.3. The molecule has 94 valence electrons. The second kappa shape index (κ2) is 6.29. The van der Waals surface area contributed by atoms with E-state index in [0.29, 0.717) is 18.0 Å². The van der Waals surface area contributed by atoms with E-state index in [2.05, 4.69) is 42.5 Å². The molecule has 4 nitrogen and oxygen atoms in total. The van der Waals surface area contributed by atoms with E-state index < -0.39 is 0 Å². The third-order valence-electron chi connectivity index (χ3n) is 2.36. The van der Waals surface area contributed by atoms with Gasteiger partial charge in [0, 0.05) is 24.1 Å². The molecule has 17 heavy (non-hydrogen) atoms. The van der Waals surface area contributed by atoms with Crippen molar-refractivity contribution in [2.24, 2.45) is 0 Å². The molecule has 1 fully saturated rings. The number of ether oxygens (including phenoxy) is 1. The lowest BCUT2D eigenvalue weighted by Gasteiger charge is -2.23. The highest BCUT2D eigenvalue weighted by Gasteiger charge is 2.16. The second-order valence-electron chi connectivity index (χ2n) is 3.64. The molecule has 2 rings (SSSR count). The van der Waals surface area contributed by atoms with Crippen LogP contribution in [0, 0.1) is 0 Å². The van der Waals surface area contributed by atoms with Crippen LogP contribution in [0.1, 0.15) is 9.67 Å². The summed E-state index contributed by atoms with van der Waals surface area (Å²) < 4.78 is 7.34. The summed E-state index contributed by atoms with van der Waals surface area (Å²) in [6.45, 7) is 2.92. The highest BCUT2D eigenvalue weighted by molar-refractivity contribution is 9.13. The molecule has 1 atom stereocenters. The predicted octanol–water partition coefficient (Wildman–Crippen LogP) is 1.99. The fourth-order valence-corrected chi connectivity index (χ4v) is 3.45. The highest BCUT2D eigenvalue weighted by atomic mass is 79.9. The maximum Gasteiger partial charge on any atom is 0.261 e. The molecule has 0 spiro atoms. The quantitative estimate of drug-likeness (QED) is 0.839. The van der Waals surface area contributed by atoms with Gasteiger partial charge in [0.2, 0.25) is 0 Å². The monoisotopic (exact) mass is 382 g/mol. The molecule has 0 aromatic carbocycles. The van der Waals surface area contributed by atoms with Gasteiger partial charge < -0.3 is 15.4 Å². The van der Waals surface area contributed by atoms with Crippen LogP contribution in [0.25, 0.3) is 0 Å². The van der Waals surface area contributed by atoms with Crippen molar-refractivity contribution in [1.29, 1.82) is 0 Å². The molecular weight excluding hydrogens is 372 g/mol. The zero-order valence-corrected chi connectivity index (χ0v) is 13.0. The minimum absolute atomic E-state index is 0.0597. The number of hydrogen-bond donors (Lipinski definition) is 2. The Morgan fingerprint density at radius 2 is 2.47 bits per heavy atom. The molecule has 1 aliphatic rings. The van der Waals surface area contributed by atoms with Gasteiger partial charge in [0.05, 0.1) is 21.4 Å². The minimum Gasteiger partial charge on any atom is -0.374 e. The standard InChI is InChI=1S/C10H12Br2N2O2S/c11-7-3-8(17-9(7)12)10(15)14-5-6-4-13-1-2-16-6/h3,6,13H,1-2,4-5H2,(H,14,15). The summed E-state index contributed by atoms with van der Waals surface area (Å²) in [7, 11) is 0. The average Bonchev–Trinajstić information content (AvgIpc) is 2.68. The Kier molecular flexibility index (Phi) is 4.98. The lowest BCUT2D eigenvalue weighted by molar-refractivity contribution is 0.0287. The summed E-state index contributed by atoms with van der Waals surface area (Å²) >= 11 is 8.14. The molecule has 1 saturated heterocycles. The molecule has 1 aliphatic heterocycles. The Labute approximate surface area is 120 Å². The molecule has 0 radical (unpaired) electrons. The molecule has 0 saturated carbocycles. The van der Waals surface area contributed by atoms with Gasteiger partial charge in [0.25, 0.3) is 5.91 Å². The lowest BCUT2D eigenvalue weighted by Crippen LogP contribution is -2.45. The van der Waals surface area contributed by atoms with E-state index in [1.807, 2.05) is 6.07 Å². The Morgan fingerprint density at radius 1 is 1.65 bits per heavy atom. The van der Waals surface area contributed by atoms with E-state index in [4.69, 9.17) is 4.74 Å². The predicted molar refractivity (Wildman–Crippen MR) is 74.7 cm³/mol. The summed E-state index contributed by atoms with van der Waals surface area (Å²) in [6, 6.07) is 1.81.